The SMILES string of the molecule is c1cnn(-c2ccc(CC3CCNC3)cc2)c1. The molecule has 0 aliphatic carbocycles. The number of rotatable bonds is 3. The highest BCUT2D eigenvalue weighted by atomic mass is 15.3. The van der Waals surface area contributed by atoms with Crippen molar-refractivity contribution in [3.05, 3.63) is 48.3 Å². The highest BCUT2D eigenvalue weighted by Crippen LogP contribution is 2.16. The first kappa shape index (κ1) is 10.5. The van der Waals surface area contributed by atoms with Crippen LogP contribution >= 0.6 is 0 Å². The number of aromatic nitrogens is 2. The van der Waals surface area contributed by atoms with E-state index in [-0.39, 0.29) is 0 Å². The van der Waals surface area contributed by atoms with Crippen LogP contribution in [0.1, 0.15) is 12.0 Å². The highest BCUT2D eigenvalue weighted by molar-refractivity contribution is 5.33. The third kappa shape index (κ3) is 2.39. The van der Waals surface area contributed by atoms with Crippen LogP contribution in [0.3, 0.4) is 0 Å². The van der Waals surface area contributed by atoms with Gasteiger partial charge >= 0.3 is 0 Å². The number of nitrogens with zero attached hydrogens (tertiary/aromatic N) is 2. The molecule has 2 aromatic rings. The monoisotopic (exact) mass is 227 g/mol. The predicted molar refractivity (Wildman–Crippen MR) is 68.2 cm³/mol. The van der Waals surface area contributed by atoms with Crippen LogP contribution in [0.25, 0.3) is 5.69 Å². The molecule has 0 saturated carbocycles. The summed E-state index contributed by atoms with van der Waals surface area (Å²) >= 11 is 0. The lowest BCUT2D eigenvalue weighted by molar-refractivity contribution is 0.580. The molecular weight excluding hydrogens is 210 g/mol. The molecule has 3 heteroatoms. The van der Waals surface area contributed by atoms with Gasteiger partial charge < -0.3 is 5.32 Å². The van der Waals surface area contributed by atoms with E-state index in [1.165, 1.54) is 31.5 Å². The second kappa shape index (κ2) is 4.72. The summed E-state index contributed by atoms with van der Waals surface area (Å²) in [4.78, 5) is 0. The number of hydrogen-bond donors (Lipinski definition) is 1. The van der Waals surface area contributed by atoms with Gasteiger partial charge in [0.15, 0.2) is 0 Å². The minimum Gasteiger partial charge on any atom is -0.316 e. The molecular formula is C14H17N3. The molecule has 1 aromatic heterocycles. The molecule has 1 N–H and O–H groups in total. The van der Waals surface area contributed by atoms with E-state index in [0.717, 1.165) is 11.6 Å². The van der Waals surface area contributed by atoms with Gasteiger partial charge in [-0.1, -0.05) is 12.1 Å². The molecule has 1 saturated heterocycles. The fourth-order valence-electron chi connectivity index (χ4n) is 2.43. The maximum atomic E-state index is 4.23. The Kier molecular flexibility index (Phi) is 2.92. The minimum absolute atomic E-state index is 0.811. The van der Waals surface area contributed by atoms with E-state index in [9.17, 15) is 0 Å². The van der Waals surface area contributed by atoms with Crippen molar-refractivity contribution in [2.24, 2.45) is 5.92 Å². The zero-order chi connectivity index (χ0) is 11.5. The molecule has 0 spiro atoms. The molecule has 1 atom stereocenters. The Morgan fingerprint density at radius 3 is 2.82 bits per heavy atom. The van der Waals surface area contributed by atoms with Gasteiger partial charge in [-0.25, -0.2) is 4.68 Å². The molecule has 17 heavy (non-hydrogen) atoms. The third-order valence-corrected chi connectivity index (χ3v) is 3.39. The fraction of sp³-hybridized carbons (Fsp3) is 0.357. The summed E-state index contributed by atoms with van der Waals surface area (Å²) in [6, 6.07) is 10.7. The average molecular weight is 227 g/mol. The van der Waals surface area contributed by atoms with E-state index in [1.54, 1.807) is 6.20 Å². The van der Waals surface area contributed by atoms with Gasteiger partial charge in [-0.15, -0.1) is 0 Å². The minimum atomic E-state index is 0.811. The summed E-state index contributed by atoms with van der Waals surface area (Å²) in [6.07, 6.45) is 6.27. The lowest BCUT2D eigenvalue weighted by Gasteiger charge is -2.09. The Morgan fingerprint density at radius 2 is 2.18 bits per heavy atom. The highest BCUT2D eigenvalue weighted by Gasteiger charge is 2.14. The van der Waals surface area contributed by atoms with E-state index in [1.807, 2.05) is 16.9 Å². The molecule has 1 fully saturated rings. The molecule has 0 amide bonds. The van der Waals surface area contributed by atoms with Crippen molar-refractivity contribution in [2.45, 2.75) is 12.8 Å². The van der Waals surface area contributed by atoms with Crippen molar-refractivity contribution in [3.8, 4) is 5.69 Å². The molecule has 3 nitrogen and oxygen atoms in total. The van der Waals surface area contributed by atoms with Crippen LogP contribution < -0.4 is 5.32 Å². The van der Waals surface area contributed by atoms with Crippen LogP contribution in [0.4, 0.5) is 0 Å². The van der Waals surface area contributed by atoms with Crippen molar-refractivity contribution >= 4 is 0 Å². The summed E-state index contributed by atoms with van der Waals surface area (Å²) in [5.41, 5.74) is 2.55. The molecule has 1 aliphatic rings. The van der Waals surface area contributed by atoms with Gasteiger partial charge in [0.2, 0.25) is 0 Å². The molecule has 88 valence electrons. The van der Waals surface area contributed by atoms with Gasteiger partial charge in [0.1, 0.15) is 0 Å². The topological polar surface area (TPSA) is 29.9 Å². The van der Waals surface area contributed by atoms with Crippen LogP contribution in [0.5, 0.6) is 0 Å². The first-order valence-corrected chi connectivity index (χ1v) is 6.21. The normalized spacial score (nSPS) is 19.6. The third-order valence-electron chi connectivity index (χ3n) is 3.39. The van der Waals surface area contributed by atoms with Crippen LogP contribution in [-0.4, -0.2) is 22.9 Å². The Hall–Kier alpha value is -1.61. The number of benzene rings is 1. The van der Waals surface area contributed by atoms with Crippen LogP contribution in [0.15, 0.2) is 42.7 Å². The number of hydrogen-bond acceptors (Lipinski definition) is 2. The molecule has 2 heterocycles. The molecule has 1 aliphatic heterocycles. The Bertz CT molecular complexity index is 453. The largest absolute Gasteiger partial charge is 0.316 e. The van der Waals surface area contributed by atoms with Crippen molar-refractivity contribution in [3.63, 3.8) is 0 Å². The van der Waals surface area contributed by atoms with Crippen LogP contribution in [0.2, 0.25) is 0 Å². The first-order valence-electron chi connectivity index (χ1n) is 6.21. The van der Waals surface area contributed by atoms with E-state index < -0.39 is 0 Å². The smallest absolute Gasteiger partial charge is 0.0645 e. The van der Waals surface area contributed by atoms with Gasteiger partial charge in [0, 0.05) is 12.4 Å². The molecule has 0 radical (unpaired) electrons. The quantitative estimate of drug-likeness (QED) is 0.869. The zero-order valence-electron chi connectivity index (χ0n) is 9.84. The van der Waals surface area contributed by atoms with Crippen molar-refractivity contribution < 1.29 is 0 Å². The summed E-state index contributed by atoms with van der Waals surface area (Å²) in [7, 11) is 0. The van der Waals surface area contributed by atoms with Gasteiger partial charge in [0.25, 0.3) is 0 Å². The summed E-state index contributed by atoms with van der Waals surface area (Å²) in [5.74, 6) is 0.811. The van der Waals surface area contributed by atoms with Gasteiger partial charge in [-0.3, -0.25) is 0 Å². The lowest BCUT2D eigenvalue weighted by atomic mass is 9.99. The lowest BCUT2D eigenvalue weighted by Crippen LogP contribution is -2.10. The summed E-state index contributed by atoms with van der Waals surface area (Å²) < 4.78 is 1.89. The fourth-order valence-corrected chi connectivity index (χ4v) is 2.43. The Balaban J connectivity index is 1.71. The predicted octanol–water partition coefficient (Wildman–Crippen LogP) is 2.02. The van der Waals surface area contributed by atoms with Crippen molar-refractivity contribution in [1.29, 1.82) is 0 Å². The molecule has 1 unspecified atom stereocenters. The van der Waals surface area contributed by atoms with Gasteiger partial charge in [-0.2, -0.15) is 5.10 Å². The standard InChI is InChI=1S/C14H17N3/c1-7-16-17(9-1)14-4-2-12(3-5-14)10-13-6-8-15-11-13/h1-5,7,9,13,15H,6,8,10-11H2. The Labute approximate surface area is 101 Å². The molecule has 0 bridgehead atoms. The van der Waals surface area contributed by atoms with Gasteiger partial charge in [-0.05, 0) is 55.6 Å². The maximum Gasteiger partial charge on any atom is 0.0645 e. The maximum absolute atomic E-state index is 4.23. The van der Waals surface area contributed by atoms with E-state index in [4.69, 9.17) is 0 Å². The van der Waals surface area contributed by atoms with Crippen LogP contribution in [0, 0.1) is 5.92 Å². The van der Waals surface area contributed by atoms with E-state index in [2.05, 4.69) is 34.7 Å². The second-order valence-corrected chi connectivity index (χ2v) is 4.68. The van der Waals surface area contributed by atoms with E-state index >= 15 is 0 Å². The molecule has 1 aromatic carbocycles. The Morgan fingerprint density at radius 1 is 1.29 bits per heavy atom. The molecule has 3 rings (SSSR count). The zero-order valence-corrected chi connectivity index (χ0v) is 9.84. The van der Waals surface area contributed by atoms with Crippen molar-refractivity contribution in [2.75, 3.05) is 13.1 Å². The first-order chi connectivity index (χ1) is 8.42. The van der Waals surface area contributed by atoms with Crippen molar-refractivity contribution in [1.82, 2.24) is 15.1 Å². The van der Waals surface area contributed by atoms with Gasteiger partial charge in [0.05, 0.1) is 5.69 Å². The average Bonchev–Trinajstić information content (AvgIpc) is 3.01. The van der Waals surface area contributed by atoms with E-state index in [0.29, 0.717) is 0 Å². The summed E-state index contributed by atoms with van der Waals surface area (Å²) in [6.45, 7) is 2.34. The number of nitrogens with one attached hydrogen (secondary N) is 1. The summed E-state index contributed by atoms with van der Waals surface area (Å²) in [5, 5.41) is 7.64. The van der Waals surface area contributed by atoms with Crippen LogP contribution in [-0.2, 0) is 6.42 Å². The second-order valence-electron chi connectivity index (χ2n) is 4.68.